The molecule has 29 heavy (non-hydrogen) atoms. The molecule has 0 radical (unpaired) electrons. The summed E-state index contributed by atoms with van der Waals surface area (Å²) in [6.45, 7) is 0.718. The zero-order valence-corrected chi connectivity index (χ0v) is 16.5. The number of aromatic nitrogens is 2. The molecule has 0 bridgehead atoms. The van der Waals surface area contributed by atoms with Crippen molar-refractivity contribution in [2.75, 3.05) is 10.4 Å². The summed E-state index contributed by atoms with van der Waals surface area (Å²) >= 11 is 0. The fourth-order valence-corrected chi connectivity index (χ4v) is 4.53. The molecule has 150 valence electrons. The molecule has 0 saturated heterocycles. The van der Waals surface area contributed by atoms with Gasteiger partial charge in [-0.1, -0.05) is 18.6 Å². The number of benzene rings is 1. The molecule has 0 spiro atoms. The van der Waals surface area contributed by atoms with Gasteiger partial charge in [-0.05, 0) is 73.9 Å². The van der Waals surface area contributed by atoms with Gasteiger partial charge in [-0.2, -0.15) is 0 Å². The Kier molecular flexibility index (Phi) is 5.04. The van der Waals surface area contributed by atoms with Gasteiger partial charge in [0.15, 0.2) is 5.82 Å². The summed E-state index contributed by atoms with van der Waals surface area (Å²) in [6.07, 6.45) is 8.15. The van der Waals surface area contributed by atoms with Gasteiger partial charge >= 0.3 is 0 Å². The van der Waals surface area contributed by atoms with Crippen LogP contribution in [0.1, 0.15) is 43.4 Å². The topological polar surface area (TPSA) is 73.3 Å². The number of hydrogen-bond acceptors (Lipinski definition) is 6. The molecule has 3 aromatic rings. The van der Waals surface area contributed by atoms with Crippen LogP contribution in [0.5, 0.6) is 0 Å². The van der Waals surface area contributed by atoms with Crippen molar-refractivity contribution in [2.45, 2.75) is 51.2 Å². The van der Waals surface area contributed by atoms with Gasteiger partial charge in [0.25, 0.3) is 0 Å². The van der Waals surface area contributed by atoms with Crippen LogP contribution in [0, 0.1) is 5.92 Å². The fourth-order valence-electron chi connectivity index (χ4n) is 4.53. The second-order valence-corrected chi connectivity index (χ2v) is 8.18. The van der Waals surface area contributed by atoms with E-state index in [4.69, 9.17) is 4.98 Å². The SMILES string of the molecule is O[C@@H]1CCC[C@@H]1CCCc1ccc2c(n1)N(Cc1ccc3ncccc3c1)NN2. The third kappa shape index (κ3) is 3.91. The number of hydrazine groups is 2. The first kappa shape index (κ1) is 18.3. The third-order valence-electron chi connectivity index (χ3n) is 6.15. The van der Waals surface area contributed by atoms with Gasteiger partial charge in [0.1, 0.15) is 0 Å². The average Bonchev–Trinajstić information content (AvgIpc) is 3.34. The highest BCUT2D eigenvalue weighted by atomic mass is 16.3. The number of anilines is 2. The highest BCUT2D eigenvalue weighted by molar-refractivity contribution is 5.79. The van der Waals surface area contributed by atoms with E-state index in [0.29, 0.717) is 5.92 Å². The molecule has 2 aliphatic rings. The Morgan fingerprint density at radius 1 is 1.14 bits per heavy atom. The number of aryl methyl sites for hydroxylation is 1. The van der Waals surface area contributed by atoms with Crippen LogP contribution < -0.4 is 16.0 Å². The summed E-state index contributed by atoms with van der Waals surface area (Å²) in [5.41, 5.74) is 10.8. The molecule has 1 aromatic carbocycles. The van der Waals surface area contributed by atoms with Gasteiger partial charge < -0.3 is 10.5 Å². The van der Waals surface area contributed by atoms with Crippen LogP contribution in [-0.2, 0) is 13.0 Å². The number of hydrogen-bond donors (Lipinski definition) is 3. The van der Waals surface area contributed by atoms with E-state index >= 15 is 0 Å². The summed E-state index contributed by atoms with van der Waals surface area (Å²) in [4.78, 5) is 9.30. The summed E-state index contributed by atoms with van der Waals surface area (Å²) in [6, 6.07) is 14.6. The average molecular weight is 390 g/mol. The van der Waals surface area contributed by atoms with Crippen LogP contribution in [0.3, 0.4) is 0 Å². The smallest absolute Gasteiger partial charge is 0.169 e. The Labute approximate surface area is 170 Å². The minimum atomic E-state index is -0.0935. The van der Waals surface area contributed by atoms with Gasteiger partial charge in [0.2, 0.25) is 0 Å². The molecule has 1 aliphatic heterocycles. The van der Waals surface area contributed by atoms with Crippen molar-refractivity contribution in [1.82, 2.24) is 15.5 Å². The maximum atomic E-state index is 10.0. The van der Waals surface area contributed by atoms with E-state index < -0.39 is 0 Å². The van der Waals surface area contributed by atoms with E-state index in [9.17, 15) is 5.11 Å². The highest BCUT2D eigenvalue weighted by Crippen LogP contribution is 2.31. The lowest BCUT2D eigenvalue weighted by Crippen LogP contribution is -2.35. The standard InChI is InChI=1S/C23H27N5O/c29-22-8-2-5-17(22)4-1-7-19-10-12-21-23(25-19)28(27-26-21)15-16-9-11-20-18(14-16)6-3-13-24-20/h3,6,9-14,17,22,26-27,29H,1-2,4-5,7-8,15H2/t17-,22+/m0/s1. The Morgan fingerprint density at radius 3 is 3.00 bits per heavy atom. The lowest BCUT2D eigenvalue weighted by molar-refractivity contribution is 0.127. The quantitative estimate of drug-likeness (QED) is 0.593. The lowest BCUT2D eigenvalue weighted by Gasteiger charge is -2.18. The second-order valence-electron chi connectivity index (χ2n) is 8.18. The number of rotatable bonds is 6. The third-order valence-corrected chi connectivity index (χ3v) is 6.15. The Morgan fingerprint density at radius 2 is 2.10 bits per heavy atom. The Hall–Kier alpha value is -2.70. The first-order valence-electron chi connectivity index (χ1n) is 10.6. The van der Waals surface area contributed by atoms with Crippen LogP contribution >= 0.6 is 0 Å². The van der Waals surface area contributed by atoms with E-state index in [1.165, 1.54) is 18.4 Å². The minimum Gasteiger partial charge on any atom is -0.393 e. The predicted octanol–water partition coefficient (Wildman–Crippen LogP) is 3.97. The number of nitrogens with zero attached hydrogens (tertiary/aromatic N) is 3. The van der Waals surface area contributed by atoms with Gasteiger partial charge in [-0.15, -0.1) is 5.53 Å². The molecular weight excluding hydrogens is 362 g/mol. The molecule has 1 aliphatic carbocycles. The fraction of sp³-hybridized carbons (Fsp3) is 0.391. The van der Waals surface area contributed by atoms with Crippen LogP contribution in [0.25, 0.3) is 10.9 Å². The first-order valence-corrected chi connectivity index (χ1v) is 10.6. The van der Waals surface area contributed by atoms with Crippen LogP contribution in [0.15, 0.2) is 48.7 Å². The van der Waals surface area contributed by atoms with E-state index in [-0.39, 0.29) is 6.10 Å². The van der Waals surface area contributed by atoms with Crippen molar-refractivity contribution in [3.05, 3.63) is 59.9 Å². The monoisotopic (exact) mass is 389 g/mol. The molecule has 2 aromatic heterocycles. The van der Waals surface area contributed by atoms with Gasteiger partial charge in [0, 0.05) is 17.3 Å². The van der Waals surface area contributed by atoms with Crippen LogP contribution in [-0.4, -0.2) is 21.2 Å². The highest BCUT2D eigenvalue weighted by Gasteiger charge is 2.25. The van der Waals surface area contributed by atoms with Crippen molar-refractivity contribution in [3.63, 3.8) is 0 Å². The van der Waals surface area contributed by atoms with Crippen molar-refractivity contribution in [2.24, 2.45) is 5.92 Å². The first-order chi connectivity index (χ1) is 14.3. The summed E-state index contributed by atoms with van der Waals surface area (Å²) in [7, 11) is 0. The van der Waals surface area contributed by atoms with E-state index in [0.717, 1.165) is 60.3 Å². The number of aliphatic hydroxyl groups is 1. The van der Waals surface area contributed by atoms with Gasteiger partial charge in [-0.25, -0.2) is 4.98 Å². The predicted molar refractivity (Wildman–Crippen MR) is 115 cm³/mol. The molecule has 6 heteroatoms. The van der Waals surface area contributed by atoms with Gasteiger partial charge in [0.05, 0.1) is 23.9 Å². The molecule has 5 rings (SSSR count). The second kappa shape index (κ2) is 7.97. The van der Waals surface area contributed by atoms with E-state index in [2.05, 4.69) is 57.4 Å². The largest absolute Gasteiger partial charge is 0.393 e. The van der Waals surface area contributed by atoms with Gasteiger partial charge in [-0.3, -0.25) is 9.99 Å². The maximum Gasteiger partial charge on any atom is 0.169 e. The molecule has 1 saturated carbocycles. The normalized spacial score (nSPS) is 20.8. The molecular formula is C23H27N5O. The molecule has 3 N–H and O–H groups in total. The molecule has 2 atom stereocenters. The van der Waals surface area contributed by atoms with Crippen molar-refractivity contribution >= 4 is 22.4 Å². The zero-order chi connectivity index (χ0) is 19.6. The zero-order valence-electron chi connectivity index (χ0n) is 16.5. The number of aliphatic hydroxyl groups excluding tert-OH is 1. The van der Waals surface area contributed by atoms with Crippen LogP contribution in [0.2, 0.25) is 0 Å². The molecule has 1 fully saturated rings. The number of pyridine rings is 2. The van der Waals surface area contributed by atoms with Crippen molar-refractivity contribution < 1.29 is 5.11 Å². The molecule has 3 heterocycles. The Bertz CT molecular complexity index is 1010. The molecule has 0 amide bonds. The van der Waals surface area contributed by atoms with Crippen molar-refractivity contribution in [1.29, 1.82) is 0 Å². The van der Waals surface area contributed by atoms with E-state index in [1.807, 2.05) is 12.3 Å². The lowest BCUT2D eigenvalue weighted by atomic mass is 9.98. The summed E-state index contributed by atoms with van der Waals surface area (Å²) < 4.78 is 0. The van der Waals surface area contributed by atoms with E-state index in [1.54, 1.807) is 0 Å². The minimum absolute atomic E-state index is 0.0935. The summed E-state index contributed by atoms with van der Waals surface area (Å²) in [5, 5.41) is 13.2. The van der Waals surface area contributed by atoms with Crippen LogP contribution in [0.4, 0.5) is 11.5 Å². The number of nitrogens with one attached hydrogen (secondary N) is 2. The molecule has 6 nitrogen and oxygen atoms in total. The number of fused-ring (bicyclic) bond motifs is 2. The summed E-state index contributed by atoms with van der Waals surface area (Å²) in [5.74, 6) is 1.42. The molecule has 0 unspecified atom stereocenters. The van der Waals surface area contributed by atoms with Crippen molar-refractivity contribution in [3.8, 4) is 0 Å². The maximum absolute atomic E-state index is 10.0. The Balaban J connectivity index is 1.26.